The summed E-state index contributed by atoms with van der Waals surface area (Å²) in [5.74, 6) is 0.420. The van der Waals surface area contributed by atoms with Gasteiger partial charge in [-0.1, -0.05) is 30.3 Å². The standard InChI is InChI=1S/C22H34N2O6S/c1-15-12-18(23-31(4,26)27)19(24(15)22(25)29-3)14-30-20-11-10-17(13-21(20)28-2)16-8-6-5-7-9-16/h5-9,15,17-21,23H,10-14H2,1-4H3/t15-,17?,18+,19+,20?,21?/m1/s1. The fraction of sp³-hybridized carbons (Fsp3) is 0.682. The van der Waals surface area contributed by atoms with E-state index >= 15 is 0 Å². The van der Waals surface area contributed by atoms with E-state index in [9.17, 15) is 13.2 Å². The maximum absolute atomic E-state index is 12.4. The van der Waals surface area contributed by atoms with Crippen LogP contribution in [0.15, 0.2) is 30.3 Å². The van der Waals surface area contributed by atoms with Crippen molar-refractivity contribution in [2.45, 2.75) is 68.9 Å². The molecule has 6 atom stereocenters. The molecule has 1 saturated heterocycles. The highest BCUT2D eigenvalue weighted by atomic mass is 32.2. The van der Waals surface area contributed by atoms with Gasteiger partial charge in [0.05, 0.1) is 38.2 Å². The molecule has 1 heterocycles. The Kier molecular flexibility index (Phi) is 7.96. The van der Waals surface area contributed by atoms with Crippen molar-refractivity contribution in [3.63, 3.8) is 0 Å². The number of sulfonamides is 1. The number of likely N-dealkylation sites (tertiary alicyclic amines) is 1. The van der Waals surface area contributed by atoms with Gasteiger partial charge in [-0.2, -0.15) is 0 Å². The third kappa shape index (κ3) is 5.97. The molecular weight excluding hydrogens is 420 g/mol. The van der Waals surface area contributed by atoms with Crippen LogP contribution in [0.3, 0.4) is 0 Å². The molecule has 31 heavy (non-hydrogen) atoms. The van der Waals surface area contributed by atoms with Gasteiger partial charge in [-0.05, 0) is 44.1 Å². The van der Waals surface area contributed by atoms with Crippen molar-refractivity contribution in [2.75, 3.05) is 27.1 Å². The van der Waals surface area contributed by atoms with Gasteiger partial charge in [0.15, 0.2) is 0 Å². The lowest BCUT2D eigenvalue weighted by Gasteiger charge is -2.37. The summed E-state index contributed by atoms with van der Waals surface area (Å²) >= 11 is 0. The first-order chi connectivity index (χ1) is 14.7. The van der Waals surface area contributed by atoms with Gasteiger partial charge >= 0.3 is 6.09 Å². The van der Waals surface area contributed by atoms with E-state index < -0.39 is 28.2 Å². The van der Waals surface area contributed by atoms with Gasteiger partial charge in [0.2, 0.25) is 10.0 Å². The van der Waals surface area contributed by atoms with Crippen molar-refractivity contribution < 1.29 is 27.4 Å². The maximum Gasteiger partial charge on any atom is 0.410 e. The highest BCUT2D eigenvalue weighted by molar-refractivity contribution is 7.88. The normalized spacial score (nSPS) is 31.5. The van der Waals surface area contributed by atoms with E-state index in [-0.39, 0.29) is 24.9 Å². The van der Waals surface area contributed by atoms with Gasteiger partial charge in [-0.25, -0.2) is 17.9 Å². The molecule has 0 spiro atoms. The summed E-state index contributed by atoms with van der Waals surface area (Å²) in [6.07, 6.45) is 3.66. The Morgan fingerprint density at radius 3 is 2.45 bits per heavy atom. The molecule has 1 aliphatic carbocycles. The number of hydrogen-bond donors (Lipinski definition) is 1. The lowest BCUT2D eigenvalue weighted by atomic mass is 9.81. The third-order valence-corrected chi connectivity index (χ3v) is 7.16. The predicted octanol–water partition coefficient (Wildman–Crippen LogP) is 2.50. The van der Waals surface area contributed by atoms with Crippen LogP contribution in [-0.2, 0) is 24.2 Å². The molecule has 1 aliphatic heterocycles. The van der Waals surface area contributed by atoms with Crippen LogP contribution in [0.4, 0.5) is 4.79 Å². The second-order valence-electron chi connectivity index (χ2n) is 8.59. The zero-order valence-corrected chi connectivity index (χ0v) is 19.5. The monoisotopic (exact) mass is 454 g/mol. The number of carbonyl (C=O) groups is 1. The minimum atomic E-state index is -3.43. The molecule has 9 heteroatoms. The first-order valence-corrected chi connectivity index (χ1v) is 12.7. The number of carbonyl (C=O) groups excluding carboxylic acids is 1. The number of methoxy groups -OCH3 is 2. The molecule has 0 radical (unpaired) electrons. The SMILES string of the molecule is COC(=O)N1[C@H](C)C[C@H](NS(C)(=O)=O)[C@@H]1COC1CCC(c2ccccc2)CC1OC. The van der Waals surface area contributed by atoms with Crippen molar-refractivity contribution >= 4 is 16.1 Å². The molecule has 0 aromatic heterocycles. The molecule has 1 N–H and O–H groups in total. The van der Waals surface area contributed by atoms with Gasteiger partial charge in [0.1, 0.15) is 0 Å². The molecular formula is C22H34N2O6S. The molecule has 1 aromatic rings. The van der Waals surface area contributed by atoms with Crippen LogP contribution in [0, 0.1) is 0 Å². The van der Waals surface area contributed by atoms with Crippen molar-refractivity contribution in [3.05, 3.63) is 35.9 Å². The molecule has 174 valence electrons. The Hall–Kier alpha value is -1.68. The van der Waals surface area contributed by atoms with Crippen LogP contribution in [-0.4, -0.2) is 76.8 Å². The molecule has 0 bridgehead atoms. The van der Waals surface area contributed by atoms with Gasteiger partial charge in [0.25, 0.3) is 0 Å². The minimum absolute atomic E-state index is 0.0642. The van der Waals surface area contributed by atoms with Gasteiger partial charge < -0.3 is 14.2 Å². The summed E-state index contributed by atoms with van der Waals surface area (Å²) in [5, 5.41) is 0. The van der Waals surface area contributed by atoms with E-state index in [4.69, 9.17) is 14.2 Å². The van der Waals surface area contributed by atoms with Gasteiger partial charge in [0, 0.05) is 19.2 Å². The summed E-state index contributed by atoms with van der Waals surface area (Å²) in [6, 6.07) is 9.39. The molecule has 8 nitrogen and oxygen atoms in total. The summed E-state index contributed by atoms with van der Waals surface area (Å²) in [6.45, 7) is 2.10. The first-order valence-electron chi connectivity index (χ1n) is 10.8. The van der Waals surface area contributed by atoms with Crippen molar-refractivity contribution in [1.29, 1.82) is 0 Å². The molecule has 1 amide bonds. The van der Waals surface area contributed by atoms with Crippen LogP contribution < -0.4 is 4.72 Å². The molecule has 2 aliphatic rings. The smallest absolute Gasteiger partial charge is 0.410 e. The van der Waals surface area contributed by atoms with Crippen LogP contribution in [0.1, 0.15) is 44.1 Å². The van der Waals surface area contributed by atoms with Gasteiger partial charge in [-0.15, -0.1) is 0 Å². The summed E-state index contributed by atoms with van der Waals surface area (Å²) < 4.78 is 43.3. The van der Waals surface area contributed by atoms with E-state index in [1.165, 1.54) is 12.7 Å². The summed E-state index contributed by atoms with van der Waals surface area (Å²) in [5.41, 5.74) is 1.31. The molecule has 2 fully saturated rings. The fourth-order valence-electron chi connectivity index (χ4n) is 4.97. The Labute approximate surface area is 185 Å². The van der Waals surface area contributed by atoms with Crippen LogP contribution in [0.25, 0.3) is 0 Å². The Morgan fingerprint density at radius 1 is 1.13 bits per heavy atom. The second-order valence-corrected chi connectivity index (χ2v) is 10.4. The molecule has 3 unspecified atom stereocenters. The van der Waals surface area contributed by atoms with Crippen molar-refractivity contribution in [3.8, 4) is 0 Å². The van der Waals surface area contributed by atoms with Crippen LogP contribution in [0.2, 0.25) is 0 Å². The number of ether oxygens (including phenoxy) is 3. The molecule has 1 aromatic carbocycles. The summed E-state index contributed by atoms with van der Waals surface area (Å²) in [4.78, 5) is 13.9. The van der Waals surface area contributed by atoms with E-state index in [1.54, 1.807) is 12.0 Å². The topological polar surface area (TPSA) is 94.2 Å². The highest BCUT2D eigenvalue weighted by Crippen LogP contribution is 2.36. The summed E-state index contributed by atoms with van der Waals surface area (Å²) in [7, 11) is -0.401. The van der Waals surface area contributed by atoms with Crippen molar-refractivity contribution in [2.24, 2.45) is 0 Å². The van der Waals surface area contributed by atoms with Crippen LogP contribution >= 0.6 is 0 Å². The lowest BCUT2D eigenvalue weighted by molar-refractivity contribution is -0.0912. The number of rotatable bonds is 7. The van der Waals surface area contributed by atoms with E-state index in [0.717, 1.165) is 25.5 Å². The lowest BCUT2D eigenvalue weighted by Crippen LogP contribution is -2.51. The Bertz CT molecular complexity index is 834. The molecule has 1 saturated carbocycles. The Morgan fingerprint density at radius 2 is 1.84 bits per heavy atom. The highest BCUT2D eigenvalue weighted by Gasteiger charge is 2.44. The zero-order valence-electron chi connectivity index (χ0n) is 18.7. The van der Waals surface area contributed by atoms with E-state index in [1.807, 2.05) is 13.0 Å². The maximum atomic E-state index is 12.4. The fourth-order valence-corrected chi connectivity index (χ4v) is 5.77. The second kappa shape index (κ2) is 10.3. The quantitative estimate of drug-likeness (QED) is 0.680. The number of nitrogens with zero attached hydrogens (tertiary/aromatic N) is 1. The van der Waals surface area contributed by atoms with E-state index in [2.05, 4.69) is 29.0 Å². The number of amides is 1. The molecule has 3 rings (SSSR count). The van der Waals surface area contributed by atoms with E-state index in [0.29, 0.717) is 12.3 Å². The van der Waals surface area contributed by atoms with Gasteiger partial charge in [-0.3, -0.25) is 4.90 Å². The third-order valence-electron chi connectivity index (χ3n) is 6.43. The van der Waals surface area contributed by atoms with Crippen LogP contribution in [0.5, 0.6) is 0 Å². The predicted molar refractivity (Wildman–Crippen MR) is 117 cm³/mol. The zero-order chi connectivity index (χ0) is 22.6. The number of nitrogens with one attached hydrogen (secondary N) is 1. The number of benzene rings is 1. The average Bonchev–Trinajstić information content (AvgIpc) is 3.05. The van der Waals surface area contributed by atoms with Crippen molar-refractivity contribution in [1.82, 2.24) is 9.62 Å². The average molecular weight is 455 g/mol. The largest absolute Gasteiger partial charge is 0.453 e. The Balaban J connectivity index is 1.68. The first kappa shape index (κ1) is 24.0. The minimum Gasteiger partial charge on any atom is -0.453 e. The number of hydrogen-bond acceptors (Lipinski definition) is 6.